The van der Waals surface area contributed by atoms with Gasteiger partial charge in [0.05, 0.1) is 12.5 Å². The van der Waals surface area contributed by atoms with Gasteiger partial charge in [-0.2, -0.15) is 0 Å². The average molecular weight is 407 g/mol. The molecule has 1 aliphatic carbocycles. The molecule has 6 heteroatoms. The highest BCUT2D eigenvalue weighted by molar-refractivity contribution is 7.12. The molecular formula is C23H21NO4S. The highest BCUT2D eigenvalue weighted by Gasteiger charge is 2.29. The van der Waals surface area contributed by atoms with Crippen molar-refractivity contribution in [2.24, 2.45) is 0 Å². The lowest BCUT2D eigenvalue weighted by atomic mass is 9.98. The molecule has 1 atom stereocenters. The minimum absolute atomic E-state index is 0.0324. The first-order chi connectivity index (χ1) is 14.0. The second kappa shape index (κ2) is 8.09. The lowest BCUT2D eigenvalue weighted by Crippen LogP contribution is -2.31. The number of fused-ring (bicyclic) bond motifs is 3. The van der Waals surface area contributed by atoms with Gasteiger partial charge >= 0.3 is 12.1 Å². The monoisotopic (exact) mass is 407 g/mol. The molecule has 2 N–H and O–H groups in total. The summed E-state index contributed by atoms with van der Waals surface area (Å²) in [4.78, 5) is 25.6. The number of hydrogen-bond acceptors (Lipinski definition) is 4. The van der Waals surface area contributed by atoms with Gasteiger partial charge in [-0.25, -0.2) is 4.79 Å². The van der Waals surface area contributed by atoms with E-state index < -0.39 is 18.1 Å². The Balaban J connectivity index is 1.47. The number of rotatable bonds is 6. The number of carboxylic acids is 1. The zero-order valence-corrected chi connectivity index (χ0v) is 16.7. The van der Waals surface area contributed by atoms with Crippen molar-refractivity contribution in [3.05, 3.63) is 81.5 Å². The van der Waals surface area contributed by atoms with Gasteiger partial charge in [0.1, 0.15) is 6.61 Å². The number of alkyl carbamates (subject to hydrolysis) is 1. The molecule has 0 fully saturated rings. The normalized spacial score (nSPS) is 13.4. The maximum absolute atomic E-state index is 12.5. The summed E-state index contributed by atoms with van der Waals surface area (Å²) < 4.78 is 5.54. The molecule has 0 radical (unpaired) electrons. The number of carboxylic acid groups (broad SMARTS) is 1. The maximum Gasteiger partial charge on any atom is 0.407 e. The summed E-state index contributed by atoms with van der Waals surface area (Å²) in [5.74, 6) is -1.00. The van der Waals surface area contributed by atoms with Crippen LogP contribution >= 0.6 is 11.3 Å². The van der Waals surface area contributed by atoms with Gasteiger partial charge in [-0.3, -0.25) is 4.79 Å². The van der Waals surface area contributed by atoms with Crippen LogP contribution in [0.4, 0.5) is 4.79 Å². The van der Waals surface area contributed by atoms with E-state index in [4.69, 9.17) is 4.74 Å². The fraction of sp³-hybridized carbons (Fsp3) is 0.217. The highest BCUT2D eigenvalue weighted by Crippen LogP contribution is 2.44. The van der Waals surface area contributed by atoms with E-state index >= 15 is 0 Å². The number of nitrogens with one attached hydrogen (secondary N) is 1. The van der Waals surface area contributed by atoms with Crippen LogP contribution in [-0.2, 0) is 9.53 Å². The molecule has 1 heterocycles. The van der Waals surface area contributed by atoms with Crippen molar-refractivity contribution >= 4 is 23.4 Å². The van der Waals surface area contributed by atoms with Crippen LogP contribution in [-0.4, -0.2) is 23.8 Å². The molecule has 3 aromatic rings. The minimum Gasteiger partial charge on any atom is -0.481 e. The molecule has 0 saturated carbocycles. The number of carbonyl (C=O) groups is 2. The van der Waals surface area contributed by atoms with Crippen molar-refractivity contribution in [3.8, 4) is 11.1 Å². The van der Waals surface area contributed by atoms with Gasteiger partial charge in [0.15, 0.2) is 0 Å². The summed E-state index contributed by atoms with van der Waals surface area (Å²) in [7, 11) is 0. The molecule has 4 rings (SSSR count). The third-order valence-corrected chi connectivity index (χ3v) is 6.23. The van der Waals surface area contributed by atoms with Gasteiger partial charge in [0.25, 0.3) is 0 Å². The molecule has 2 aromatic carbocycles. The Morgan fingerprint density at radius 1 is 1.03 bits per heavy atom. The van der Waals surface area contributed by atoms with Crippen molar-refractivity contribution in [1.29, 1.82) is 0 Å². The van der Waals surface area contributed by atoms with Crippen LogP contribution in [0.1, 0.15) is 39.3 Å². The largest absolute Gasteiger partial charge is 0.481 e. The van der Waals surface area contributed by atoms with Crippen molar-refractivity contribution < 1.29 is 19.4 Å². The Hall–Kier alpha value is -3.12. The van der Waals surface area contributed by atoms with Gasteiger partial charge in [-0.15, -0.1) is 11.3 Å². The van der Waals surface area contributed by atoms with Crippen LogP contribution < -0.4 is 5.32 Å². The first-order valence-corrected chi connectivity index (χ1v) is 10.2. The zero-order valence-electron chi connectivity index (χ0n) is 15.9. The second-order valence-corrected chi connectivity index (χ2v) is 8.39. The molecule has 29 heavy (non-hydrogen) atoms. The van der Waals surface area contributed by atoms with Crippen molar-refractivity contribution in [2.45, 2.75) is 25.3 Å². The Morgan fingerprint density at radius 3 is 2.21 bits per heavy atom. The molecular weight excluding hydrogens is 386 g/mol. The number of thiophene rings is 1. The number of hydrogen-bond donors (Lipinski definition) is 2. The quantitative estimate of drug-likeness (QED) is 0.595. The number of ether oxygens (including phenoxy) is 1. The third kappa shape index (κ3) is 4.03. The lowest BCUT2D eigenvalue weighted by Gasteiger charge is -2.18. The Labute approximate surface area is 173 Å². The molecule has 1 aliphatic rings. The van der Waals surface area contributed by atoms with Crippen molar-refractivity contribution in [1.82, 2.24) is 5.32 Å². The third-order valence-electron chi connectivity index (χ3n) is 5.12. The molecule has 1 aromatic heterocycles. The van der Waals surface area contributed by atoms with E-state index in [9.17, 15) is 14.7 Å². The molecule has 0 unspecified atom stereocenters. The molecule has 148 valence electrons. The fourth-order valence-corrected chi connectivity index (χ4v) is 4.75. The Morgan fingerprint density at radius 2 is 1.66 bits per heavy atom. The van der Waals surface area contributed by atoms with Crippen LogP contribution in [0.3, 0.4) is 0 Å². The second-order valence-electron chi connectivity index (χ2n) is 7.07. The van der Waals surface area contributed by atoms with Gasteiger partial charge in [0, 0.05) is 15.7 Å². The molecule has 0 saturated heterocycles. The number of amides is 1. The fourth-order valence-electron chi connectivity index (χ4n) is 3.82. The summed E-state index contributed by atoms with van der Waals surface area (Å²) in [5, 5.41) is 11.9. The molecule has 0 spiro atoms. The number of carbonyl (C=O) groups excluding carboxylic acids is 1. The summed E-state index contributed by atoms with van der Waals surface area (Å²) in [6.45, 7) is 2.14. The molecule has 0 bridgehead atoms. The van der Waals surface area contributed by atoms with E-state index in [1.54, 1.807) is 0 Å². The van der Waals surface area contributed by atoms with Crippen LogP contribution in [0.25, 0.3) is 11.1 Å². The highest BCUT2D eigenvalue weighted by atomic mass is 32.1. The Bertz CT molecular complexity index is 1010. The first-order valence-electron chi connectivity index (χ1n) is 9.42. The number of aryl methyl sites for hydroxylation is 1. The average Bonchev–Trinajstić information content (AvgIpc) is 3.27. The van der Waals surface area contributed by atoms with Crippen LogP contribution in [0.15, 0.2) is 60.7 Å². The van der Waals surface area contributed by atoms with E-state index in [-0.39, 0.29) is 18.9 Å². The maximum atomic E-state index is 12.5. The van der Waals surface area contributed by atoms with E-state index in [1.807, 2.05) is 43.3 Å². The Kier molecular flexibility index (Phi) is 5.36. The van der Waals surface area contributed by atoms with Crippen LogP contribution in [0.5, 0.6) is 0 Å². The summed E-state index contributed by atoms with van der Waals surface area (Å²) in [5.41, 5.74) is 4.60. The summed E-state index contributed by atoms with van der Waals surface area (Å²) in [6, 6.07) is 19.4. The van der Waals surface area contributed by atoms with Gasteiger partial charge in [-0.1, -0.05) is 48.5 Å². The van der Waals surface area contributed by atoms with E-state index in [0.717, 1.165) is 32.0 Å². The van der Waals surface area contributed by atoms with Crippen molar-refractivity contribution in [3.63, 3.8) is 0 Å². The predicted molar refractivity (Wildman–Crippen MR) is 112 cm³/mol. The molecule has 5 nitrogen and oxygen atoms in total. The molecule has 0 aliphatic heterocycles. The van der Waals surface area contributed by atoms with Crippen LogP contribution in [0, 0.1) is 6.92 Å². The standard InChI is InChI=1S/C23H21NO4S/c1-14-10-11-21(29-14)20(12-22(25)26)24-23(27)28-13-19-17-8-4-2-6-15(17)16-7-3-5-9-18(16)19/h2-11,19-20H,12-13H2,1H3,(H,24,27)(H,25,26)/t20-/m1/s1. The smallest absolute Gasteiger partial charge is 0.407 e. The van der Waals surface area contributed by atoms with E-state index in [2.05, 4.69) is 29.6 Å². The topological polar surface area (TPSA) is 75.6 Å². The predicted octanol–water partition coefficient (Wildman–Crippen LogP) is 5.11. The summed E-state index contributed by atoms with van der Waals surface area (Å²) in [6.07, 6.45) is -0.798. The van der Waals surface area contributed by atoms with Crippen LogP contribution in [0.2, 0.25) is 0 Å². The minimum atomic E-state index is -0.972. The van der Waals surface area contributed by atoms with Gasteiger partial charge in [-0.05, 0) is 41.3 Å². The molecule has 1 amide bonds. The first kappa shape index (κ1) is 19.2. The zero-order chi connectivity index (χ0) is 20.4. The van der Waals surface area contributed by atoms with Crippen molar-refractivity contribution in [2.75, 3.05) is 6.61 Å². The van der Waals surface area contributed by atoms with Gasteiger partial charge < -0.3 is 15.2 Å². The lowest BCUT2D eigenvalue weighted by molar-refractivity contribution is -0.137. The number of aliphatic carboxylic acids is 1. The van der Waals surface area contributed by atoms with Gasteiger partial charge in [0.2, 0.25) is 0 Å². The number of benzene rings is 2. The SMILES string of the molecule is Cc1ccc([C@@H](CC(=O)O)NC(=O)OCC2c3ccccc3-c3ccccc32)s1. The van der Waals surface area contributed by atoms with E-state index in [0.29, 0.717) is 0 Å². The van der Waals surface area contributed by atoms with E-state index in [1.165, 1.54) is 11.3 Å². The summed E-state index contributed by atoms with van der Waals surface area (Å²) >= 11 is 1.47.